The van der Waals surface area contributed by atoms with Crippen molar-refractivity contribution < 1.29 is 0 Å². The maximum absolute atomic E-state index is 4.76. The van der Waals surface area contributed by atoms with Crippen LogP contribution in [0.3, 0.4) is 0 Å². The molecular weight excluding hydrogens is 262 g/mol. The Morgan fingerprint density at radius 2 is 2.44 bits per heavy atom. The highest BCUT2D eigenvalue weighted by Gasteiger charge is 2.22. The number of rotatable bonds is 6. The summed E-state index contributed by atoms with van der Waals surface area (Å²) in [5, 5.41) is 7.56. The van der Waals surface area contributed by atoms with Gasteiger partial charge in [0.2, 0.25) is 0 Å². The predicted octanol–water partition coefficient (Wildman–Crippen LogP) is 3.54. The topological polar surface area (TPSA) is 29.3 Å². The van der Waals surface area contributed by atoms with Gasteiger partial charge in [-0.15, -0.1) is 23.1 Å². The molecule has 1 fully saturated rings. The fraction of sp³-hybridized carbons (Fsp3) is 0.615. The van der Waals surface area contributed by atoms with E-state index in [1.807, 2.05) is 11.8 Å². The molecule has 1 unspecified atom stereocenters. The summed E-state index contributed by atoms with van der Waals surface area (Å²) in [5.41, 5.74) is 1.34. The molecule has 0 bridgehead atoms. The second kappa shape index (κ2) is 5.23. The number of nitrogens with zero attached hydrogens (tertiary/aromatic N) is 2. The lowest BCUT2D eigenvalue weighted by Crippen LogP contribution is -2.17. The molecule has 0 radical (unpaired) electrons. The zero-order valence-electron chi connectivity index (χ0n) is 10.8. The molecule has 1 aliphatic carbocycles. The molecule has 3 nitrogen and oxygen atoms in total. The second-order valence-corrected chi connectivity index (χ2v) is 7.21. The minimum absolute atomic E-state index is 0.634. The third-order valence-electron chi connectivity index (χ3n) is 3.35. The van der Waals surface area contributed by atoms with Crippen LogP contribution in [0.5, 0.6) is 0 Å². The van der Waals surface area contributed by atoms with Gasteiger partial charge in [0, 0.05) is 29.4 Å². The lowest BCUT2D eigenvalue weighted by atomic mass is 10.4. The first-order valence-corrected chi connectivity index (χ1v) is 8.38. The summed E-state index contributed by atoms with van der Waals surface area (Å²) in [4.78, 5) is 5.88. The Hall–Kier alpha value is -0.520. The van der Waals surface area contributed by atoms with E-state index in [9.17, 15) is 0 Å². The summed E-state index contributed by atoms with van der Waals surface area (Å²) in [6.07, 6.45) is 5.99. The van der Waals surface area contributed by atoms with Gasteiger partial charge in [-0.3, -0.25) is 4.40 Å². The lowest BCUT2D eigenvalue weighted by Gasteiger charge is -2.09. The van der Waals surface area contributed by atoms with E-state index in [0.29, 0.717) is 5.25 Å². The van der Waals surface area contributed by atoms with Crippen LogP contribution in [0.1, 0.15) is 38.8 Å². The lowest BCUT2D eigenvalue weighted by molar-refractivity contribution is 0.661. The molecule has 0 amide bonds. The zero-order chi connectivity index (χ0) is 12.5. The third kappa shape index (κ3) is 2.58. The van der Waals surface area contributed by atoms with Crippen LogP contribution in [0.25, 0.3) is 4.96 Å². The van der Waals surface area contributed by atoms with E-state index in [0.717, 1.165) is 17.5 Å². The molecule has 1 N–H and O–H groups in total. The highest BCUT2D eigenvalue weighted by molar-refractivity contribution is 7.99. The number of hydrogen-bond acceptors (Lipinski definition) is 4. The van der Waals surface area contributed by atoms with Gasteiger partial charge < -0.3 is 5.32 Å². The molecule has 0 aromatic carbocycles. The Balaban J connectivity index is 1.84. The van der Waals surface area contributed by atoms with Crippen LogP contribution < -0.4 is 5.32 Å². The van der Waals surface area contributed by atoms with E-state index in [2.05, 4.69) is 35.1 Å². The van der Waals surface area contributed by atoms with Gasteiger partial charge in [0.25, 0.3) is 0 Å². The second-order valence-electron chi connectivity index (χ2n) is 4.91. The Kier molecular flexibility index (Phi) is 3.63. The first kappa shape index (κ1) is 12.5. The standard InChI is InChI=1S/C13H19N3S2/c1-3-9(2)18-12-11(8-14-10-4-5-10)16-6-7-17-13(16)15-12/h6-7,9-10,14H,3-5,8H2,1-2H3. The first-order valence-electron chi connectivity index (χ1n) is 6.62. The molecule has 1 aliphatic rings. The van der Waals surface area contributed by atoms with Gasteiger partial charge >= 0.3 is 0 Å². The predicted molar refractivity (Wildman–Crippen MR) is 78.5 cm³/mol. The molecule has 5 heteroatoms. The first-order chi connectivity index (χ1) is 8.78. The van der Waals surface area contributed by atoms with E-state index >= 15 is 0 Å². The van der Waals surface area contributed by atoms with Gasteiger partial charge in [0.05, 0.1) is 5.69 Å². The number of nitrogens with one attached hydrogen (secondary N) is 1. The van der Waals surface area contributed by atoms with Gasteiger partial charge in [0.1, 0.15) is 5.03 Å². The molecule has 98 valence electrons. The van der Waals surface area contributed by atoms with Gasteiger partial charge in [-0.05, 0) is 19.3 Å². The van der Waals surface area contributed by atoms with Crippen LogP contribution in [0.4, 0.5) is 0 Å². The molecule has 2 aromatic rings. The van der Waals surface area contributed by atoms with Crippen molar-refractivity contribution in [1.29, 1.82) is 0 Å². The molecule has 2 aromatic heterocycles. The minimum atomic E-state index is 0.634. The van der Waals surface area contributed by atoms with Crippen molar-refractivity contribution in [2.75, 3.05) is 0 Å². The van der Waals surface area contributed by atoms with E-state index in [1.54, 1.807) is 11.3 Å². The zero-order valence-corrected chi connectivity index (χ0v) is 12.5. The van der Waals surface area contributed by atoms with Crippen molar-refractivity contribution in [2.24, 2.45) is 0 Å². The van der Waals surface area contributed by atoms with Crippen LogP contribution in [0, 0.1) is 0 Å². The maximum atomic E-state index is 4.76. The molecule has 18 heavy (non-hydrogen) atoms. The van der Waals surface area contributed by atoms with Crippen molar-refractivity contribution in [1.82, 2.24) is 14.7 Å². The van der Waals surface area contributed by atoms with E-state index < -0.39 is 0 Å². The Labute approximate surface area is 116 Å². The fourth-order valence-electron chi connectivity index (χ4n) is 1.87. The van der Waals surface area contributed by atoms with Gasteiger partial charge in [-0.25, -0.2) is 4.98 Å². The summed E-state index contributed by atoms with van der Waals surface area (Å²) < 4.78 is 2.24. The van der Waals surface area contributed by atoms with Crippen LogP contribution in [0.15, 0.2) is 16.6 Å². The van der Waals surface area contributed by atoms with Crippen molar-refractivity contribution in [2.45, 2.75) is 56.0 Å². The van der Waals surface area contributed by atoms with Gasteiger partial charge in [-0.2, -0.15) is 0 Å². The van der Waals surface area contributed by atoms with Crippen molar-refractivity contribution in [3.8, 4) is 0 Å². The van der Waals surface area contributed by atoms with E-state index in [4.69, 9.17) is 4.98 Å². The monoisotopic (exact) mass is 281 g/mol. The maximum Gasteiger partial charge on any atom is 0.194 e. The highest BCUT2D eigenvalue weighted by Crippen LogP contribution is 2.30. The van der Waals surface area contributed by atoms with Gasteiger partial charge in [0.15, 0.2) is 4.96 Å². The number of thioether (sulfide) groups is 1. The SMILES string of the molecule is CCC(C)Sc1nc2sccn2c1CNC1CC1. The van der Waals surface area contributed by atoms with E-state index in [1.165, 1.54) is 30.0 Å². The average Bonchev–Trinajstić information content (AvgIpc) is 2.99. The number of fused-ring (bicyclic) bond motifs is 1. The smallest absolute Gasteiger partial charge is 0.194 e. The average molecular weight is 281 g/mol. The molecule has 0 aliphatic heterocycles. The summed E-state index contributed by atoms with van der Waals surface area (Å²) in [6, 6.07) is 0.746. The summed E-state index contributed by atoms with van der Waals surface area (Å²) in [6.45, 7) is 5.45. The molecule has 1 atom stereocenters. The highest BCUT2D eigenvalue weighted by atomic mass is 32.2. The van der Waals surface area contributed by atoms with Crippen molar-refractivity contribution in [3.63, 3.8) is 0 Å². The molecule has 0 spiro atoms. The largest absolute Gasteiger partial charge is 0.308 e. The number of hydrogen-bond donors (Lipinski definition) is 1. The Bertz CT molecular complexity index is 527. The van der Waals surface area contributed by atoms with Gasteiger partial charge in [-0.1, -0.05) is 13.8 Å². The van der Waals surface area contributed by atoms with Crippen LogP contribution in [-0.2, 0) is 6.54 Å². The van der Waals surface area contributed by atoms with Crippen LogP contribution in [-0.4, -0.2) is 20.7 Å². The summed E-state index contributed by atoms with van der Waals surface area (Å²) in [7, 11) is 0. The summed E-state index contributed by atoms with van der Waals surface area (Å²) >= 11 is 3.62. The Morgan fingerprint density at radius 3 is 3.17 bits per heavy atom. The van der Waals surface area contributed by atoms with Crippen molar-refractivity contribution in [3.05, 3.63) is 17.3 Å². The summed E-state index contributed by atoms with van der Waals surface area (Å²) in [5.74, 6) is 0. The molecule has 2 heterocycles. The Morgan fingerprint density at radius 1 is 1.61 bits per heavy atom. The quantitative estimate of drug-likeness (QED) is 0.821. The van der Waals surface area contributed by atoms with Crippen LogP contribution >= 0.6 is 23.1 Å². The third-order valence-corrected chi connectivity index (χ3v) is 5.39. The number of imidazole rings is 1. The van der Waals surface area contributed by atoms with E-state index in [-0.39, 0.29) is 0 Å². The molecule has 0 saturated heterocycles. The normalized spacial score (nSPS) is 17.4. The van der Waals surface area contributed by atoms with Crippen molar-refractivity contribution >= 4 is 28.1 Å². The fourth-order valence-corrected chi connectivity index (χ4v) is 3.65. The molecular formula is C13H19N3S2. The molecule has 1 saturated carbocycles. The number of aromatic nitrogens is 2. The molecule has 3 rings (SSSR count). The number of thiazole rings is 1. The van der Waals surface area contributed by atoms with Crippen LogP contribution in [0.2, 0.25) is 0 Å². The minimum Gasteiger partial charge on any atom is -0.308 e.